The van der Waals surface area contributed by atoms with Crippen molar-refractivity contribution in [3.8, 4) is 0 Å². The molecule has 0 aliphatic carbocycles. The highest BCUT2D eigenvalue weighted by atomic mass is 16.5. The second kappa shape index (κ2) is 5.22. The molecule has 3 aromatic heterocycles. The van der Waals surface area contributed by atoms with Gasteiger partial charge >= 0.3 is 0 Å². The molecule has 0 aromatic carbocycles. The van der Waals surface area contributed by atoms with Crippen LogP contribution in [0.15, 0.2) is 21.6 Å². The number of H-pyrrole nitrogens is 1. The van der Waals surface area contributed by atoms with E-state index in [-0.39, 0.29) is 11.1 Å². The Balaban J connectivity index is 2.02. The summed E-state index contributed by atoms with van der Waals surface area (Å²) < 4.78 is 6.82. The molecular weight excluding hydrogens is 296 g/mol. The molecule has 0 spiro atoms. The predicted molar refractivity (Wildman–Crippen MR) is 86.5 cm³/mol. The smallest absolute Gasteiger partial charge is 0.263 e. The van der Waals surface area contributed by atoms with Gasteiger partial charge in [-0.3, -0.25) is 9.78 Å². The van der Waals surface area contributed by atoms with Gasteiger partial charge in [0.2, 0.25) is 5.95 Å². The van der Waals surface area contributed by atoms with Crippen molar-refractivity contribution in [1.29, 1.82) is 0 Å². The quantitative estimate of drug-likeness (QED) is 0.792. The number of aromatic nitrogens is 5. The maximum atomic E-state index is 12.3. The van der Waals surface area contributed by atoms with Crippen LogP contribution in [-0.2, 0) is 12.1 Å². The van der Waals surface area contributed by atoms with Crippen LogP contribution in [0.3, 0.4) is 0 Å². The van der Waals surface area contributed by atoms with E-state index in [1.54, 1.807) is 10.9 Å². The summed E-state index contributed by atoms with van der Waals surface area (Å²) in [7, 11) is 1.84. The van der Waals surface area contributed by atoms with Crippen molar-refractivity contribution in [3.63, 3.8) is 0 Å². The average molecular weight is 316 g/mol. The van der Waals surface area contributed by atoms with E-state index in [2.05, 4.69) is 20.2 Å². The fraction of sp³-hybridized carbons (Fsp3) is 0.467. The molecule has 0 saturated carbocycles. The first-order valence-electron chi connectivity index (χ1n) is 7.37. The highest BCUT2D eigenvalue weighted by Gasteiger charge is 2.20. The lowest BCUT2D eigenvalue weighted by molar-refractivity contribution is 0.366. The molecule has 3 heterocycles. The first-order chi connectivity index (χ1) is 10.8. The number of hydrogen-bond donors (Lipinski definition) is 1. The Labute approximate surface area is 133 Å². The molecule has 0 unspecified atom stereocenters. The average Bonchev–Trinajstić information content (AvgIpc) is 3.04. The first kappa shape index (κ1) is 15.3. The fourth-order valence-electron chi connectivity index (χ4n) is 2.39. The van der Waals surface area contributed by atoms with Crippen LogP contribution in [0.1, 0.15) is 32.2 Å². The molecule has 1 N–H and O–H groups in total. The first-order valence-corrected chi connectivity index (χ1v) is 7.37. The SMILES string of the molecule is Cc1cc(CN(C)c2nc3c(cnn3C(C)(C)C)c(=O)[nH]2)no1. The van der Waals surface area contributed by atoms with Crippen molar-refractivity contribution in [2.24, 2.45) is 0 Å². The van der Waals surface area contributed by atoms with Gasteiger partial charge in [-0.05, 0) is 27.7 Å². The number of hydrogen-bond acceptors (Lipinski definition) is 6. The molecule has 3 rings (SSSR count). The lowest BCUT2D eigenvalue weighted by atomic mass is 10.1. The van der Waals surface area contributed by atoms with Crippen LogP contribution in [0.5, 0.6) is 0 Å². The van der Waals surface area contributed by atoms with Crippen LogP contribution in [-0.4, -0.2) is 32.0 Å². The minimum atomic E-state index is -0.262. The molecule has 8 nitrogen and oxygen atoms in total. The van der Waals surface area contributed by atoms with Crippen LogP contribution in [0.2, 0.25) is 0 Å². The second-order valence-corrected chi connectivity index (χ2v) is 6.64. The molecule has 0 bridgehead atoms. The second-order valence-electron chi connectivity index (χ2n) is 6.64. The maximum Gasteiger partial charge on any atom is 0.263 e. The normalized spacial score (nSPS) is 12.0. The fourth-order valence-corrected chi connectivity index (χ4v) is 2.39. The zero-order valence-electron chi connectivity index (χ0n) is 13.9. The van der Waals surface area contributed by atoms with Gasteiger partial charge in [-0.1, -0.05) is 5.16 Å². The lowest BCUT2D eigenvalue weighted by Gasteiger charge is -2.21. The summed E-state index contributed by atoms with van der Waals surface area (Å²) in [5, 5.41) is 8.74. The van der Waals surface area contributed by atoms with Crippen molar-refractivity contribution in [2.45, 2.75) is 39.8 Å². The van der Waals surface area contributed by atoms with E-state index in [0.717, 1.165) is 11.5 Å². The molecule has 0 aliphatic heterocycles. The summed E-state index contributed by atoms with van der Waals surface area (Å²) in [6.45, 7) is 8.37. The summed E-state index contributed by atoms with van der Waals surface area (Å²) in [5.74, 6) is 1.21. The highest BCUT2D eigenvalue weighted by molar-refractivity contribution is 5.74. The standard InChI is InChI=1S/C15H20N6O2/c1-9-6-10(19-23-9)8-20(5)14-17-12-11(13(22)18-14)7-16-21(12)15(2,3)4/h6-7H,8H2,1-5H3,(H,17,18,22). The Bertz CT molecular complexity index is 899. The van der Waals surface area contributed by atoms with Crippen molar-refractivity contribution < 1.29 is 4.52 Å². The van der Waals surface area contributed by atoms with E-state index in [4.69, 9.17) is 4.52 Å². The molecular formula is C15H20N6O2. The Morgan fingerprint density at radius 2 is 2.13 bits per heavy atom. The summed E-state index contributed by atoms with van der Waals surface area (Å²) in [6.07, 6.45) is 1.55. The Morgan fingerprint density at radius 1 is 1.39 bits per heavy atom. The molecule has 3 aromatic rings. The van der Waals surface area contributed by atoms with E-state index in [0.29, 0.717) is 23.5 Å². The van der Waals surface area contributed by atoms with Crippen molar-refractivity contribution >= 4 is 17.0 Å². The molecule has 0 aliphatic rings. The molecule has 23 heavy (non-hydrogen) atoms. The number of fused-ring (bicyclic) bond motifs is 1. The molecule has 8 heteroatoms. The van der Waals surface area contributed by atoms with Gasteiger partial charge in [0, 0.05) is 13.1 Å². The summed E-state index contributed by atoms with van der Waals surface area (Å²) in [6, 6.07) is 1.85. The molecule has 0 saturated heterocycles. The van der Waals surface area contributed by atoms with Gasteiger partial charge in [0.1, 0.15) is 16.8 Å². The zero-order valence-corrected chi connectivity index (χ0v) is 13.9. The van der Waals surface area contributed by atoms with Crippen molar-refractivity contribution in [1.82, 2.24) is 24.9 Å². The zero-order chi connectivity index (χ0) is 16.8. The molecule has 0 amide bonds. The van der Waals surface area contributed by atoms with Crippen LogP contribution in [0.4, 0.5) is 5.95 Å². The Hall–Kier alpha value is -2.64. The third-order valence-corrected chi connectivity index (χ3v) is 3.50. The highest BCUT2D eigenvalue weighted by Crippen LogP contribution is 2.19. The van der Waals surface area contributed by atoms with E-state index < -0.39 is 0 Å². The van der Waals surface area contributed by atoms with Gasteiger partial charge < -0.3 is 9.42 Å². The third kappa shape index (κ3) is 2.84. The number of nitrogens with zero attached hydrogens (tertiary/aromatic N) is 5. The van der Waals surface area contributed by atoms with Crippen molar-refractivity contribution in [2.75, 3.05) is 11.9 Å². The number of aryl methyl sites for hydroxylation is 1. The van der Waals surface area contributed by atoms with Gasteiger partial charge in [0.05, 0.1) is 18.3 Å². The number of aromatic amines is 1. The number of nitrogens with one attached hydrogen (secondary N) is 1. The number of anilines is 1. The third-order valence-electron chi connectivity index (χ3n) is 3.50. The van der Waals surface area contributed by atoms with E-state index in [1.165, 1.54) is 0 Å². The Morgan fingerprint density at radius 3 is 2.74 bits per heavy atom. The van der Waals surface area contributed by atoms with Gasteiger partial charge in [-0.25, -0.2) is 4.68 Å². The summed E-state index contributed by atoms with van der Waals surface area (Å²) in [4.78, 5) is 21.5. The topological polar surface area (TPSA) is 92.8 Å². The molecule has 0 fully saturated rings. The lowest BCUT2D eigenvalue weighted by Crippen LogP contribution is -2.26. The predicted octanol–water partition coefficient (Wildman–Crippen LogP) is 1.81. The number of rotatable bonds is 3. The largest absolute Gasteiger partial charge is 0.361 e. The summed E-state index contributed by atoms with van der Waals surface area (Å²) >= 11 is 0. The van der Waals surface area contributed by atoms with Crippen LogP contribution >= 0.6 is 0 Å². The molecule has 0 radical (unpaired) electrons. The summed E-state index contributed by atoms with van der Waals surface area (Å²) in [5.41, 5.74) is 0.877. The van der Waals surface area contributed by atoms with E-state index in [9.17, 15) is 4.79 Å². The maximum absolute atomic E-state index is 12.3. The van der Waals surface area contributed by atoms with Gasteiger partial charge in [0.25, 0.3) is 5.56 Å². The van der Waals surface area contributed by atoms with Crippen LogP contribution in [0.25, 0.3) is 11.0 Å². The van der Waals surface area contributed by atoms with Gasteiger partial charge in [0.15, 0.2) is 5.65 Å². The van der Waals surface area contributed by atoms with Gasteiger partial charge in [-0.2, -0.15) is 10.1 Å². The van der Waals surface area contributed by atoms with E-state index >= 15 is 0 Å². The Kier molecular flexibility index (Phi) is 3.46. The van der Waals surface area contributed by atoms with Crippen LogP contribution < -0.4 is 10.5 Å². The van der Waals surface area contributed by atoms with Crippen LogP contribution in [0, 0.1) is 6.92 Å². The minimum absolute atomic E-state index is 0.205. The van der Waals surface area contributed by atoms with Gasteiger partial charge in [-0.15, -0.1) is 0 Å². The minimum Gasteiger partial charge on any atom is -0.361 e. The monoisotopic (exact) mass is 316 g/mol. The van der Waals surface area contributed by atoms with Crippen molar-refractivity contribution in [3.05, 3.63) is 34.1 Å². The molecule has 122 valence electrons. The molecule has 0 atom stereocenters. The van der Waals surface area contributed by atoms with E-state index in [1.807, 2.05) is 45.7 Å².